The fourth-order valence-corrected chi connectivity index (χ4v) is 3.23. The number of benzene rings is 1. The van der Waals surface area contributed by atoms with Crippen molar-refractivity contribution in [1.82, 2.24) is 0 Å². The van der Waals surface area contributed by atoms with Gasteiger partial charge in [-0.05, 0) is 25.0 Å². The molecule has 2 N–H and O–H groups in total. The van der Waals surface area contributed by atoms with Crippen molar-refractivity contribution in [3.63, 3.8) is 0 Å². The maximum absolute atomic E-state index is 6.06. The van der Waals surface area contributed by atoms with E-state index in [0.717, 1.165) is 30.9 Å². The highest BCUT2D eigenvalue weighted by molar-refractivity contribution is 5.43. The van der Waals surface area contributed by atoms with Gasteiger partial charge in [0.25, 0.3) is 0 Å². The Labute approximate surface area is 108 Å². The number of ether oxygens (including phenoxy) is 2. The first kappa shape index (κ1) is 11.8. The molecule has 0 bridgehead atoms. The summed E-state index contributed by atoms with van der Waals surface area (Å²) >= 11 is 0. The Morgan fingerprint density at radius 1 is 1.28 bits per heavy atom. The quantitative estimate of drug-likeness (QED) is 0.816. The maximum atomic E-state index is 6.06. The minimum absolute atomic E-state index is 0.114. The second-order valence-electron chi connectivity index (χ2n) is 5.54. The van der Waals surface area contributed by atoms with Gasteiger partial charge in [0, 0.05) is 24.6 Å². The van der Waals surface area contributed by atoms with E-state index >= 15 is 0 Å². The molecule has 0 aromatic heterocycles. The summed E-state index contributed by atoms with van der Waals surface area (Å²) in [6.07, 6.45) is 7.28. The lowest BCUT2D eigenvalue weighted by atomic mass is 9.90. The molecule has 1 atom stereocenters. The van der Waals surface area contributed by atoms with Gasteiger partial charge in [-0.25, -0.2) is 0 Å². The lowest BCUT2D eigenvalue weighted by Crippen LogP contribution is -2.41. The first-order chi connectivity index (χ1) is 8.76. The molecular weight excluding hydrogens is 226 g/mol. The van der Waals surface area contributed by atoms with E-state index in [-0.39, 0.29) is 11.7 Å². The van der Waals surface area contributed by atoms with E-state index < -0.39 is 0 Å². The van der Waals surface area contributed by atoms with Crippen molar-refractivity contribution in [3.05, 3.63) is 24.3 Å². The standard InChI is InChI=1S/C15H21NO2/c16-12-4-3-5-13(10-12)18-14-6-9-17-15(11-14)7-1-2-8-15/h3-5,10,14H,1-2,6-9,11,16H2. The molecule has 1 spiro atoms. The van der Waals surface area contributed by atoms with E-state index in [4.69, 9.17) is 15.2 Å². The Morgan fingerprint density at radius 3 is 2.89 bits per heavy atom. The molecule has 0 radical (unpaired) electrons. The predicted molar refractivity (Wildman–Crippen MR) is 71.7 cm³/mol. The van der Waals surface area contributed by atoms with E-state index in [1.807, 2.05) is 24.3 Å². The molecule has 2 fully saturated rings. The summed E-state index contributed by atoms with van der Waals surface area (Å²) in [6.45, 7) is 0.826. The van der Waals surface area contributed by atoms with Gasteiger partial charge < -0.3 is 15.2 Å². The summed E-state index contributed by atoms with van der Waals surface area (Å²) in [6, 6.07) is 7.70. The molecule has 98 valence electrons. The Bertz CT molecular complexity index is 413. The summed E-state index contributed by atoms with van der Waals surface area (Å²) in [5, 5.41) is 0. The number of anilines is 1. The van der Waals surface area contributed by atoms with E-state index in [1.165, 1.54) is 25.7 Å². The largest absolute Gasteiger partial charge is 0.490 e. The van der Waals surface area contributed by atoms with Crippen LogP contribution in [0.2, 0.25) is 0 Å². The molecule has 2 aliphatic rings. The highest BCUT2D eigenvalue weighted by Gasteiger charge is 2.40. The topological polar surface area (TPSA) is 44.5 Å². The third-order valence-electron chi connectivity index (χ3n) is 4.12. The minimum atomic E-state index is 0.114. The molecule has 3 heteroatoms. The number of nitrogens with two attached hydrogens (primary N) is 1. The normalized spacial score (nSPS) is 26.3. The minimum Gasteiger partial charge on any atom is -0.490 e. The molecular formula is C15H21NO2. The Hall–Kier alpha value is -1.22. The first-order valence-electron chi connectivity index (χ1n) is 6.92. The van der Waals surface area contributed by atoms with Crippen molar-refractivity contribution in [2.45, 2.75) is 50.2 Å². The fraction of sp³-hybridized carbons (Fsp3) is 0.600. The molecule has 0 amide bonds. The maximum Gasteiger partial charge on any atom is 0.121 e. The van der Waals surface area contributed by atoms with Crippen LogP contribution in [0, 0.1) is 0 Å². The average Bonchev–Trinajstić information content (AvgIpc) is 2.77. The lowest BCUT2D eigenvalue weighted by molar-refractivity contribution is -0.108. The van der Waals surface area contributed by atoms with E-state index in [2.05, 4.69) is 0 Å². The van der Waals surface area contributed by atoms with Crippen LogP contribution < -0.4 is 10.5 Å². The highest BCUT2D eigenvalue weighted by atomic mass is 16.5. The lowest BCUT2D eigenvalue weighted by Gasteiger charge is -2.38. The molecule has 1 unspecified atom stereocenters. The zero-order chi connectivity index (χ0) is 12.4. The molecule has 1 aromatic rings. The molecule has 18 heavy (non-hydrogen) atoms. The third kappa shape index (κ3) is 2.46. The van der Waals surface area contributed by atoms with Crippen LogP contribution >= 0.6 is 0 Å². The first-order valence-corrected chi connectivity index (χ1v) is 6.92. The monoisotopic (exact) mass is 247 g/mol. The molecule has 1 aliphatic carbocycles. The number of rotatable bonds is 2. The summed E-state index contributed by atoms with van der Waals surface area (Å²) in [5.74, 6) is 0.884. The van der Waals surface area contributed by atoms with E-state index in [0.29, 0.717) is 0 Å². The Kier molecular flexibility index (Phi) is 3.16. The van der Waals surface area contributed by atoms with Crippen LogP contribution in [0.25, 0.3) is 0 Å². The van der Waals surface area contributed by atoms with Crippen LogP contribution in [0.1, 0.15) is 38.5 Å². The van der Waals surface area contributed by atoms with Gasteiger partial charge in [0.15, 0.2) is 0 Å². The van der Waals surface area contributed by atoms with Crippen molar-refractivity contribution in [2.75, 3.05) is 12.3 Å². The SMILES string of the molecule is Nc1cccc(OC2CCOC3(CCCC3)C2)c1. The van der Waals surface area contributed by atoms with Crippen LogP contribution in [0.4, 0.5) is 5.69 Å². The van der Waals surface area contributed by atoms with Gasteiger partial charge in [0.05, 0.1) is 12.2 Å². The summed E-state index contributed by atoms with van der Waals surface area (Å²) in [7, 11) is 0. The molecule has 3 nitrogen and oxygen atoms in total. The summed E-state index contributed by atoms with van der Waals surface area (Å²) < 4.78 is 12.1. The predicted octanol–water partition coefficient (Wildman–Crippen LogP) is 3.14. The zero-order valence-electron chi connectivity index (χ0n) is 10.7. The molecule has 3 rings (SSSR count). The van der Waals surface area contributed by atoms with Gasteiger partial charge >= 0.3 is 0 Å². The van der Waals surface area contributed by atoms with Gasteiger partial charge in [-0.2, -0.15) is 0 Å². The highest BCUT2D eigenvalue weighted by Crippen LogP contribution is 2.40. The van der Waals surface area contributed by atoms with Gasteiger partial charge in [0.2, 0.25) is 0 Å². The van der Waals surface area contributed by atoms with Gasteiger partial charge in [-0.1, -0.05) is 18.9 Å². The average molecular weight is 247 g/mol. The molecule has 1 heterocycles. The van der Waals surface area contributed by atoms with Crippen LogP contribution in [-0.2, 0) is 4.74 Å². The van der Waals surface area contributed by atoms with Crippen LogP contribution in [0.3, 0.4) is 0 Å². The van der Waals surface area contributed by atoms with Crippen molar-refractivity contribution < 1.29 is 9.47 Å². The summed E-state index contributed by atoms with van der Waals surface area (Å²) in [4.78, 5) is 0. The van der Waals surface area contributed by atoms with Gasteiger partial charge in [0.1, 0.15) is 11.9 Å². The van der Waals surface area contributed by atoms with E-state index in [9.17, 15) is 0 Å². The molecule has 1 saturated heterocycles. The van der Waals surface area contributed by atoms with Gasteiger partial charge in [-0.3, -0.25) is 0 Å². The summed E-state index contributed by atoms with van der Waals surface area (Å²) in [5.41, 5.74) is 6.65. The third-order valence-corrected chi connectivity index (χ3v) is 4.12. The molecule has 1 saturated carbocycles. The Morgan fingerprint density at radius 2 is 2.11 bits per heavy atom. The van der Waals surface area contributed by atoms with E-state index in [1.54, 1.807) is 0 Å². The number of hydrogen-bond donors (Lipinski definition) is 1. The van der Waals surface area contributed by atoms with Crippen LogP contribution in [0.15, 0.2) is 24.3 Å². The van der Waals surface area contributed by atoms with Crippen molar-refractivity contribution in [1.29, 1.82) is 0 Å². The second kappa shape index (κ2) is 4.81. The van der Waals surface area contributed by atoms with Gasteiger partial charge in [-0.15, -0.1) is 0 Å². The van der Waals surface area contributed by atoms with Crippen molar-refractivity contribution in [2.24, 2.45) is 0 Å². The molecule has 1 aliphatic heterocycles. The van der Waals surface area contributed by atoms with Crippen molar-refractivity contribution >= 4 is 5.69 Å². The number of hydrogen-bond acceptors (Lipinski definition) is 3. The van der Waals surface area contributed by atoms with Crippen LogP contribution in [0.5, 0.6) is 5.75 Å². The fourth-order valence-electron chi connectivity index (χ4n) is 3.23. The zero-order valence-corrected chi connectivity index (χ0v) is 10.7. The van der Waals surface area contributed by atoms with Crippen molar-refractivity contribution in [3.8, 4) is 5.75 Å². The number of nitrogen functional groups attached to an aromatic ring is 1. The Balaban J connectivity index is 1.66. The second-order valence-corrected chi connectivity index (χ2v) is 5.54. The van der Waals surface area contributed by atoms with Crippen LogP contribution in [-0.4, -0.2) is 18.3 Å². The molecule has 1 aromatic carbocycles. The smallest absolute Gasteiger partial charge is 0.121 e.